The molecule has 0 spiro atoms. The number of aliphatic carboxylic acids is 1. The van der Waals surface area contributed by atoms with Crippen molar-refractivity contribution in [2.45, 2.75) is 20.8 Å². The number of carboxylic acids is 2. The predicted octanol–water partition coefficient (Wildman–Crippen LogP) is 3.26. The van der Waals surface area contributed by atoms with Crippen LogP contribution in [-0.2, 0) is 4.79 Å². The van der Waals surface area contributed by atoms with E-state index in [1.165, 1.54) is 0 Å². The minimum absolute atomic E-state index is 0.308. The Hall–Kier alpha value is -2.95. The summed E-state index contributed by atoms with van der Waals surface area (Å²) < 4.78 is 0. The zero-order valence-electron chi connectivity index (χ0n) is 13.2. The van der Waals surface area contributed by atoms with Crippen LogP contribution in [0.4, 0.5) is 0 Å². The second-order valence-electron chi connectivity index (χ2n) is 5.08. The molecule has 5 nitrogen and oxygen atoms in total. The van der Waals surface area contributed by atoms with E-state index in [2.05, 4.69) is 0 Å². The van der Waals surface area contributed by atoms with Crippen LogP contribution in [0.1, 0.15) is 37.4 Å². The monoisotopic (exact) mass is 314 g/mol. The maximum Gasteiger partial charge on any atom is 0.377 e. The molecule has 0 atom stereocenters. The highest BCUT2D eigenvalue weighted by molar-refractivity contribution is 6.40. The number of carbonyl (C=O) groups is 3. The molecule has 2 aromatic carbocycles. The fourth-order valence-electron chi connectivity index (χ4n) is 2.23. The van der Waals surface area contributed by atoms with E-state index in [4.69, 9.17) is 10.2 Å². The summed E-state index contributed by atoms with van der Waals surface area (Å²) in [6, 6.07) is 11.9. The maximum absolute atomic E-state index is 11.3. The molecule has 0 radical (unpaired) electrons. The van der Waals surface area contributed by atoms with Crippen LogP contribution in [-0.4, -0.2) is 27.9 Å². The molecule has 120 valence electrons. The molecule has 0 saturated heterocycles. The van der Waals surface area contributed by atoms with Gasteiger partial charge in [0.25, 0.3) is 5.78 Å². The Labute approximate surface area is 134 Å². The molecule has 0 amide bonds. The van der Waals surface area contributed by atoms with Crippen molar-refractivity contribution in [2.24, 2.45) is 0 Å². The third kappa shape index (κ3) is 5.07. The highest BCUT2D eigenvalue weighted by atomic mass is 16.4. The standard InChI is InChI=1S/C11H12O3.C7H6O2/c1-6-4-7(2)9(8(3)5-6)10(12)11(13)14;8-7(9)6-4-2-1-3-5-6/h4-5H,1-3H3,(H,13,14);1-5H,(H,8,9). The van der Waals surface area contributed by atoms with Gasteiger partial charge >= 0.3 is 11.9 Å². The van der Waals surface area contributed by atoms with Gasteiger partial charge in [-0.25, -0.2) is 9.59 Å². The molecule has 2 rings (SSSR count). The van der Waals surface area contributed by atoms with Crippen LogP contribution in [0.5, 0.6) is 0 Å². The summed E-state index contributed by atoms with van der Waals surface area (Å²) in [5, 5.41) is 17.0. The molecule has 0 fully saturated rings. The number of hydrogen-bond donors (Lipinski definition) is 2. The van der Waals surface area contributed by atoms with Gasteiger partial charge in [-0.15, -0.1) is 0 Å². The van der Waals surface area contributed by atoms with Gasteiger partial charge in [0.2, 0.25) is 0 Å². The number of carboxylic acid groups (broad SMARTS) is 2. The average Bonchev–Trinajstić information content (AvgIpc) is 2.47. The molecule has 0 bridgehead atoms. The molecule has 23 heavy (non-hydrogen) atoms. The molecule has 0 heterocycles. The highest BCUT2D eigenvalue weighted by Gasteiger charge is 2.19. The third-order valence-corrected chi connectivity index (χ3v) is 3.12. The lowest BCUT2D eigenvalue weighted by molar-refractivity contribution is -0.131. The van der Waals surface area contributed by atoms with Gasteiger partial charge in [0, 0.05) is 5.56 Å². The van der Waals surface area contributed by atoms with Crippen molar-refractivity contribution in [3.63, 3.8) is 0 Å². The van der Waals surface area contributed by atoms with Crippen molar-refractivity contribution in [3.8, 4) is 0 Å². The van der Waals surface area contributed by atoms with Crippen molar-refractivity contribution in [2.75, 3.05) is 0 Å². The quantitative estimate of drug-likeness (QED) is 0.670. The minimum atomic E-state index is -1.40. The number of rotatable bonds is 3. The first-order valence-electron chi connectivity index (χ1n) is 6.87. The van der Waals surface area contributed by atoms with E-state index in [1.807, 2.05) is 19.1 Å². The van der Waals surface area contributed by atoms with Crippen LogP contribution in [0.15, 0.2) is 42.5 Å². The third-order valence-electron chi connectivity index (χ3n) is 3.12. The molecule has 0 unspecified atom stereocenters. The summed E-state index contributed by atoms with van der Waals surface area (Å²) in [5.74, 6) is -3.12. The smallest absolute Gasteiger partial charge is 0.377 e. The lowest BCUT2D eigenvalue weighted by Crippen LogP contribution is -2.15. The van der Waals surface area contributed by atoms with E-state index >= 15 is 0 Å². The van der Waals surface area contributed by atoms with Crippen LogP contribution >= 0.6 is 0 Å². The van der Waals surface area contributed by atoms with E-state index in [1.54, 1.807) is 44.2 Å². The Kier molecular flexibility index (Phi) is 6.21. The van der Waals surface area contributed by atoms with Crippen LogP contribution in [0.3, 0.4) is 0 Å². The second-order valence-corrected chi connectivity index (χ2v) is 5.08. The van der Waals surface area contributed by atoms with Crippen LogP contribution in [0.2, 0.25) is 0 Å². The van der Waals surface area contributed by atoms with E-state index in [-0.39, 0.29) is 0 Å². The Balaban J connectivity index is 0.000000253. The van der Waals surface area contributed by atoms with Gasteiger partial charge in [0.15, 0.2) is 0 Å². The first-order chi connectivity index (χ1) is 10.7. The number of aromatic carboxylic acids is 1. The number of aryl methyl sites for hydroxylation is 3. The second kappa shape index (κ2) is 7.89. The minimum Gasteiger partial charge on any atom is -0.478 e. The van der Waals surface area contributed by atoms with Crippen LogP contribution in [0.25, 0.3) is 0 Å². The number of carbonyl (C=O) groups excluding carboxylic acids is 1. The number of hydrogen-bond acceptors (Lipinski definition) is 3. The number of Topliss-reactive ketones (excluding diaryl/α,β-unsaturated/α-hetero) is 1. The first kappa shape index (κ1) is 18.1. The summed E-state index contributed by atoms with van der Waals surface area (Å²) in [6.07, 6.45) is 0. The summed E-state index contributed by atoms with van der Waals surface area (Å²) in [7, 11) is 0. The largest absolute Gasteiger partial charge is 0.478 e. The predicted molar refractivity (Wildman–Crippen MR) is 86.0 cm³/mol. The molecule has 5 heteroatoms. The van der Waals surface area contributed by atoms with E-state index in [9.17, 15) is 14.4 Å². The van der Waals surface area contributed by atoms with Crippen molar-refractivity contribution in [1.29, 1.82) is 0 Å². The fourth-order valence-corrected chi connectivity index (χ4v) is 2.23. The molecule has 0 aliphatic carbocycles. The molecular weight excluding hydrogens is 296 g/mol. The molecule has 2 N–H and O–H groups in total. The summed E-state index contributed by atoms with van der Waals surface area (Å²) >= 11 is 0. The van der Waals surface area contributed by atoms with Gasteiger partial charge in [-0.1, -0.05) is 35.9 Å². The van der Waals surface area contributed by atoms with Gasteiger partial charge in [-0.05, 0) is 44.0 Å². The molecule has 0 aliphatic heterocycles. The zero-order valence-corrected chi connectivity index (χ0v) is 13.2. The zero-order chi connectivity index (χ0) is 17.6. The summed E-state index contributed by atoms with van der Waals surface area (Å²) in [4.78, 5) is 32.0. The number of benzene rings is 2. The molecule has 0 aliphatic rings. The van der Waals surface area contributed by atoms with E-state index < -0.39 is 17.7 Å². The van der Waals surface area contributed by atoms with Crippen molar-refractivity contribution in [1.82, 2.24) is 0 Å². The lowest BCUT2D eigenvalue weighted by Gasteiger charge is -2.07. The van der Waals surface area contributed by atoms with Crippen molar-refractivity contribution >= 4 is 17.7 Å². The fraction of sp³-hybridized carbons (Fsp3) is 0.167. The normalized spacial score (nSPS) is 9.52. The molecule has 0 saturated carbocycles. The van der Waals surface area contributed by atoms with Crippen LogP contribution < -0.4 is 0 Å². The Bertz CT molecular complexity index is 709. The average molecular weight is 314 g/mol. The number of ketones is 1. The van der Waals surface area contributed by atoms with Crippen molar-refractivity contribution < 1.29 is 24.6 Å². The molecule has 2 aromatic rings. The maximum atomic E-state index is 11.3. The van der Waals surface area contributed by atoms with Crippen LogP contribution in [0, 0.1) is 20.8 Å². The van der Waals surface area contributed by atoms with Gasteiger partial charge in [0.1, 0.15) is 0 Å². The first-order valence-corrected chi connectivity index (χ1v) is 6.87. The summed E-state index contributed by atoms with van der Waals surface area (Å²) in [5.41, 5.74) is 3.10. The topological polar surface area (TPSA) is 91.7 Å². The van der Waals surface area contributed by atoms with Gasteiger partial charge in [0.05, 0.1) is 5.56 Å². The molecular formula is C18H18O5. The van der Waals surface area contributed by atoms with Crippen molar-refractivity contribution in [3.05, 3.63) is 70.3 Å². The Morgan fingerprint density at radius 2 is 1.30 bits per heavy atom. The molecule has 0 aromatic heterocycles. The lowest BCUT2D eigenvalue weighted by atomic mass is 9.97. The SMILES string of the molecule is Cc1cc(C)c(C(=O)C(=O)O)c(C)c1.O=C(O)c1ccccc1. The van der Waals surface area contributed by atoms with Gasteiger partial charge in [-0.2, -0.15) is 0 Å². The highest BCUT2D eigenvalue weighted by Crippen LogP contribution is 2.16. The van der Waals surface area contributed by atoms with E-state index in [0.717, 1.165) is 16.7 Å². The Morgan fingerprint density at radius 3 is 1.65 bits per heavy atom. The summed E-state index contributed by atoms with van der Waals surface area (Å²) in [6.45, 7) is 5.40. The van der Waals surface area contributed by atoms with Gasteiger partial charge < -0.3 is 10.2 Å². The van der Waals surface area contributed by atoms with E-state index in [0.29, 0.717) is 11.1 Å². The van der Waals surface area contributed by atoms with Gasteiger partial charge in [-0.3, -0.25) is 4.79 Å². The Morgan fingerprint density at radius 1 is 0.826 bits per heavy atom.